The molecule has 18 heavy (non-hydrogen) atoms. The number of hydrogen-bond acceptors (Lipinski definition) is 5. The summed E-state index contributed by atoms with van der Waals surface area (Å²) in [5, 5.41) is 3.69. The molecule has 1 amide bonds. The lowest BCUT2D eigenvalue weighted by atomic mass is 10.5. The predicted molar refractivity (Wildman–Crippen MR) is 75.4 cm³/mol. The topological polar surface area (TPSA) is 58.1 Å². The monoisotopic (exact) mass is 288 g/mol. The van der Waals surface area contributed by atoms with Crippen LogP contribution in [0.2, 0.25) is 5.15 Å². The van der Waals surface area contributed by atoms with Crippen molar-refractivity contribution in [1.29, 1.82) is 0 Å². The van der Waals surface area contributed by atoms with Crippen LogP contribution in [0.25, 0.3) is 0 Å². The van der Waals surface area contributed by atoms with E-state index in [2.05, 4.69) is 15.3 Å². The van der Waals surface area contributed by atoms with Gasteiger partial charge in [-0.3, -0.25) is 4.79 Å². The third-order valence-corrected chi connectivity index (χ3v) is 3.06. The maximum Gasteiger partial charge on any atom is 0.230 e. The van der Waals surface area contributed by atoms with E-state index in [1.54, 1.807) is 6.07 Å². The summed E-state index contributed by atoms with van der Waals surface area (Å²) in [6, 6.07) is 1.68. The molecule has 7 heteroatoms. The number of rotatable bonds is 6. The fourth-order valence-corrected chi connectivity index (χ4v) is 2.04. The van der Waals surface area contributed by atoms with Crippen LogP contribution >= 0.6 is 23.4 Å². The van der Waals surface area contributed by atoms with Gasteiger partial charge in [-0.05, 0) is 6.42 Å². The lowest BCUT2D eigenvalue weighted by Crippen LogP contribution is -2.25. The summed E-state index contributed by atoms with van der Waals surface area (Å²) in [7, 11) is 3.75. The Hall–Kier alpha value is -1.01. The molecule has 1 aromatic heterocycles. The molecular formula is C11H17ClN4OS. The number of carbonyl (C=O) groups excluding carboxylic acids is 1. The molecule has 1 aromatic rings. The first-order valence-electron chi connectivity index (χ1n) is 5.64. The Bertz CT molecular complexity index is 414. The molecule has 0 spiro atoms. The fraction of sp³-hybridized carbons (Fsp3) is 0.545. The van der Waals surface area contributed by atoms with Crippen LogP contribution in [-0.4, -0.2) is 42.3 Å². The summed E-state index contributed by atoms with van der Waals surface area (Å²) in [5.41, 5.74) is 0. The van der Waals surface area contributed by atoms with Gasteiger partial charge in [0.15, 0.2) is 5.16 Å². The molecule has 1 rings (SSSR count). The number of amides is 1. The summed E-state index contributed by atoms with van der Waals surface area (Å²) in [4.78, 5) is 21.7. The highest BCUT2D eigenvalue weighted by molar-refractivity contribution is 7.99. The quantitative estimate of drug-likeness (QED) is 0.491. The first-order valence-corrected chi connectivity index (χ1v) is 7.00. The highest BCUT2D eigenvalue weighted by atomic mass is 35.5. The molecule has 0 saturated carbocycles. The van der Waals surface area contributed by atoms with Crippen molar-refractivity contribution >= 4 is 35.1 Å². The Morgan fingerprint density at radius 2 is 2.22 bits per heavy atom. The van der Waals surface area contributed by atoms with E-state index in [0.29, 0.717) is 22.6 Å². The second-order valence-electron chi connectivity index (χ2n) is 3.86. The summed E-state index contributed by atoms with van der Waals surface area (Å²) in [6.07, 6.45) is 0.925. The zero-order valence-electron chi connectivity index (χ0n) is 10.7. The van der Waals surface area contributed by atoms with Gasteiger partial charge in [-0.15, -0.1) is 0 Å². The van der Waals surface area contributed by atoms with E-state index in [0.717, 1.165) is 12.2 Å². The molecule has 5 nitrogen and oxygen atoms in total. The first kappa shape index (κ1) is 15.0. The Morgan fingerprint density at radius 3 is 2.83 bits per heavy atom. The molecule has 0 aliphatic carbocycles. The van der Waals surface area contributed by atoms with Crippen LogP contribution in [0.15, 0.2) is 11.2 Å². The van der Waals surface area contributed by atoms with E-state index >= 15 is 0 Å². The minimum absolute atomic E-state index is 0.0168. The molecule has 0 aliphatic heterocycles. The van der Waals surface area contributed by atoms with E-state index in [4.69, 9.17) is 11.6 Å². The number of hydrogen-bond donors (Lipinski definition) is 1. The average molecular weight is 289 g/mol. The molecule has 0 aliphatic rings. The summed E-state index contributed by atoms with van der Waals surface area (Å²) >= 11 is 7.18. The molecule has 0 radical (unpaired) electrons. The van der Waals surface area contributed by atoms with Crippen LogP contribution < -0.4 is 10.2 Å². The highest BCUT2D eigenvalue weighted by Crippen LogP contribution is 2.20. The minimum Gasteiger partial charge on any atom is -0.363 e. The largest absolute Gasteiger partial charge is 0.363 e. The molecule has 1 N–H and O–H groups in total. The van der Waals surface area contributed by atoms with Crippen LogP contribution in [0.1, 0.15) is 13.3 Å². The third-order valence-electron chi connectivity index (χ3n) is 2.02. The molecule has 0 saturated heterocycles. The molecule has 100 valence electrons. The second kappa shape index (κ2) is 7.43. The van der Waals surface area contributed by atoms with Gasteiger partial charge in [0.1, 0.15) is 11.0 Å². The van der Waals surface area contributed by atoms with E-state index in [1.807, 2.05) is 25.9 Å². The van der Waals surface area contributed by atoms with Crippen LogP contribution in [0.3, 0.4) is 0 Å². The summed E-state index contributed by atoms with van der Waals surface area (Å²) < 4.78 is 0. The van der Waals surface area contributed by atoms with E-state index in [1.165, 1.54) is 11.8 Å². The van der Waals surface area contributed by atoms with Gasteiger partial charge >= 0.3 is 0 Å². The van der Waals surface area contributed by atoms with Crippen molar-refractivity contribution < 1.29 is 4.79 Å². The summed E-state index contributed by atoms with van der Waals surface area (Å²) in [6.45, 7) is 2.70. The van der Waals surface area contributed by atoms with Crippen LogP contribution in [0.4, 0.5) is 5.82 Å². The molecule has 0 atom stereocenters. The van der Waals surface area contributed by atoms with Gasteiger partial charge in [-0.25, -0.2) is 9.97 Å². The van der Waals surface area contributed by atoms with Crippen molar-refractivity contribution in [1.82, 2.24) is 15.3 Å². The van der Waals surface area contributed by atoms with Gasteiger partial charge in [0.05, 0.1) is 5.75 Å². The number of anilines is 1. The number of nitrogens with zero attached hydrogens (tertiary/aromatic N) is 3. The Labute approximate surface area is 116 Å². The lowest BCUT2D eigenvalue weighted by molar-refractivity contribution is -0.118. The molecule has 0 unspecified atom stereocenters. The van der Waals surface area contributed by atoms with Crippen molar-refractivity contribution in [2.45, 2.75) is 18.5 Å². The smallest absolute Gasteiger partial charge is 0.230 e. The van der Waals surface area contributed by atoms with Gasteiger partial charge in [-0.1, -0.05) is 30.3 Å². The standard InChI is InChI=1S/C11H17ClN4OS/c1-4-5-13-10(17)7-18-11-14-8(12)6-9(15-11)16(2)3/h6H,4-5,7H2,1-3H3,(H,13,17). The maximum absolute atomic E-state index is 11.4. The SMILES string of the molecule is CCCNC(=O)CSc1nc(Cl)cc(N(C)C)n1. The van der Waals surface area contributed by atoms with Crippen LogP contribution in [0, 0.1) is 0 Å². The molecular weight excluding hydrogens is 272 g/mol. The molecule has 0 bridgehead atoms. The Morgan fingerprint density at radius 1 is 1.50 bits per heavy atom. The number of carbonyl (C=O) groups is 1. The minimum atomic E-state index is -0.0168. The van der Waals surface area contributed by atoms with Gasteiger partial charge in [0, 0.05) is 26.7 Å². The first-order chi connectivity index (χ1) is 8.52. The van der Waals surface area contributed by atoms with Gasteiger partial charge in [-0.2, -0.15) is 0 Å². The van der Waals surface area contributed by atoms with Gasteiger partial charge in [0.25, 0.3) is 0 Å². The van der Waals surface area contributed by atoms with Crippen molar-refractivity contribution in [3.63, 3.8) is 0 Å². The van der Waals surface area contributed by atoms with Crippen molar-refractivity contribution in [2.75, 3.05) is 31.3 Å². The lowest BCUT2D eigenvalue weighted by Gasteiger charge is -2.12. The van der Waals surface area contributed by atoms with E-state index < -0.39 is 0 Å². The van der Waals surface area contributed by atoms with Crippen molar-refractivity contribution in [2.24, 2.45) is 0 Å². The third kappa shape index (κ3) is 5.10. The van der Waals surface area contributed by atoms with E-state index in [9.17, 15) is 4.79 Å². The summed E-state index contributed by atoms with van der Waals surface area (Å²) in [5.74, 6) is 1.01. The zero-order valence-corrected chi connectivity index (χ0v) is 12.3. The number of aromatic nitrogens is 2. The van der Waals surface area contributed by atoms with E-state index in [-0.39, 0.29) is 5.91 Å². The fourth-order valence-electron chi connectivity index (χ4n) is 1.12. The second-order valence-corrected chi connectivity index (χ2v) is 5.19. The predicted octanol–water partition coefficient (Wildman–Crippen LogP) is 1.81. The zero-order chi connectivity index (χ0) is 13.5. The highest BCUT2D eigenvalue weighted by Gasteiger charge is 2.08. The van der Waals surface area contributed by atoms with Crippen molar-refractivity contribution in [3.8, 4) is 0 Å². The van der Waals surface area contributed by atoms with Gasteiger partial charge in [0.2, 0.25) is 5.91 Å². The Balaban J connectivity index is 2.59. The maximum atomic E-state index is 11.4. The molecule has 0 fully saturated rings. The van der Waals surface area contributed by atoms with Gasteiger partial charge < -0.3 is 10.2 Å². The van der Waals surface area contributed by atoms with Crippen molar-refractivity contribution in [3.05, 3.63) is 11.2 Å². The number of thioether (sulfide) groups is 1. The van der Waals surface area contributed by atoms with Crippen LogP contribution in [0.5, 0.6) is 0 Å². The molecule has 0 aromatic carbocycles. The normalized spacial score (nSPS) is 10.2. The number of nitrogens with one attached hydrogen (secondary N) is 1. The number of halogens is 1. The van der Waals surface area contributed by atoms with Crippen LogP contribution in [-0.2, 0) is 4.79 Å². The Kier molecular flexibility index (Phi) is 6.21. The average Bonchev–Trinajstić information content (AvgIpc) is 2.33. The molecule has 1 heterocycles.